The maximum Gasteiger partial charge on any atom is 0.309 e. The lowest BCUT2D eigenvalue weighted by molar-refractivity contribution is -0.136. The van der Waals surface area contributed by atoms with E-state index >= 15 is 0 Å². The molecule has 0 aliphatic rings. The Morgan fingerprint density at radius 3 is 3.09 bits per heavy atom. The van der Waals surface area contributed by atoms with Crippen LogP contribution in [-0.2, 0) is 17.8 Å². The van der Waals surface area contributed by atoms with Crippen molar-refractivity contribution in [1.82, 2.24) is 9.78 Å². The van der Waals surface area contributed by atoms with Crippen LogP contribution in [-0.4, -0.2) is 20.9 Å². The van der Waals surface area contributed by atoms with E-state index in [-0.39, 0.29) is 6.42 Å². The molecule has 0 aromatic carbocycles. The summed E-state index contributed by atoms with van der Waals surface area (Å²) in [7, 11) is 0. The van der Waals surface area contributed by atoms with Crippen LogP contribution in [0.25, 0.3) is 0 Å². The third kappa shape index (κ3) is 1.80. The van der Waals surface area contributed by atoms with Crippen LogP contribution >= 0.6 is 0 Å². The average Bonchev–Trinajstić information content (AvgIpc) is 2.34. The first-order chi connectivity index (χ1) is 5.24. The van der Waals surface area contributed by atoms with E-state index in [1.165, 1.54) is 0 Å². The fraction of sp³-hybridized carbons (Fsp3) is 0.429. The predicted octanol–water partition coefficient (Wildman–Crippen LogP) is 0.530. The second kappa shape index (κ2) is 3.18. The van der Waals surface area contributed by atoms with Crippen molar-refractivity contribution in [3.05, 3.63) is 18.0 Å². The number of aliphatic carboxylic acids is 1. The fourth-order valence-corrected chi connectivity index (χ4v) is 0.950. The Morgan fingerprint density at radius 1 is 1.82 bits per heavy atom. The van der Waals surface area contributed by atoms with Crippen molar-refractivity contribution in [1.29, 1.82) is 0 Å². The molecule has 1 rings (SSSR count). The lowest BCUT2D eigenvalue weighted by Crippen LogP contribution is -2.08. The van der Waals surface area contributed by atoms with Gasteiger partial charge in [-0.25, -0.2) is 0 Å². The van der Waals surface area contributed by atoms with Gasteiger partial charge in [0.2, 0.25) is 0 Å². The quantitative estimate of drug-likeness (QED) is 0.690. The molecule has 0 aliphatic carbocycles. The minimum Gasteiger partial charge on any atom is -0.481 e. The van der Waals surface area contributed by atoms with Crippen molar-refractivity contribution >= 4 is 5.97 Å². The van der Waals surface area contributed by atoms with Gasteiger partial charge >= 0.3 is 5.97 Å². The molecule has 1 aromatic rings. The highest BCUT2D eigenvalue weighted by Crippen LogP contribution is 1.99. The van der Waals surface area contributed by atoms with E-state index < -0.39 is 5.97 Å². The third-order valence-corrected chi connectivity index (χ3v) is 1.44. The van der Waals surface area contributed by atoms with Gasteiger partial charge in [-0.15, -0.1) is 0 Å². The number of aromatic nitrogens is 2. The number of carboxylic acid groups (broad SMARTS) is 1. The monoisotopic (exact) mass is 154 g/mol. The van der Waals surface area contributed by atoms with E-state index in [9.17, 15) is 4.79 Å². The fourth-order valence-electron chi connectivity index (χ4n) is 0.950. The summed E-state index contributed by atoms with van der Waals surface area (Å²) in [5, 5.41) is 12.4. The van der Waals surface area contributed by atoms with Crippen molar-refractivity contribution in [3.63, 3.8) is 0 Å². The molecule has 0 bridgehead atoms. The van der Waals surface area contributed by atoms with E-state index in [2.05, 4.69) is 5.10 Å². The molecule has 1 N–H and O–H groups in total. The van der Waals surface area contributed by atoms with Crippen LogP contribution in [0.1, 0.15) is 12.6 Å². The van der Waals surface area contributed by atoms with Gasteiger partial charge in [-0.3, -0.25) is 9.48 Å². The number of aryl methyl sites for hydroxylation is 1. The van der Waals surface area contributed by atoms with E-state index in [4.69, 9.17) is 5.11 Å². The molecule has 0 spiro atoms. The molecule has 0 atom stereocenters. The number of carbonyl (C=O) groups is 1. The first-order valence-corrected chi connectivity index (χ1v) is 3.46. The minimum atomic E-state index is -0.819. The minimum absolute atomic E-state index is 0.0494. The van der Waals surface area contributed by atoms with Gasteiger partial charge in [-0.2, -0.15) is 5.10 Å². The highest BCUT2D eigenvalue weighted by molar-refractivity contribution is 5.69. The number of carboxylic acids is 1. The van der Waals surface area contributed by atoms with Crippen LogP contribution in [0.3, 0.4) is 0 Å². The molecule has 0 unspecified atom stereocenters. The summed E-state index contributed by atoms with van der Waals surface area (Å²) in [6, 6.07) is 1.72. The molecule has 4 heteroatoms. The Kier molecular flexibility index (Phi) is 2.25. The molecule has 11 heavy (non-hydrogen) atoms. The Labute approximate surface area is 64.5 Å². The van der Waals surface area contributed by atoms with Crippen molar-refractivity contribution in [2.45, 2.75) is 19.9 Å². The molecule has 0 fully saturated rings. The summed E-state index contributed by atoms with van der Waals surface area (Å²) in [5.41, 5.74) is 0.750. The van der Waals surface area contributed by atoms with Gasteiger partial charge in [0.15, 0.2) is 0 Å². The van der Waals surface area contributed by atoms with E-state index in [1.54, 1.807) is 16.9 Å². The van der Waals surface area contributed by atoms with Crippen LogP contribution in [0, 0.1) is 0 Å². The number of rotatable bonds is 3. The first kappa shape index (κ1) is 7.78. The standard InChI is InChI=1S/C7H10N2O2/c1-2-9-6(3-4-8-9)5-7(10)11/h3-4H,2,5H2,1H3,(H,10,11). The van der Waals surface area contributed by atoms with Gasteiger partial charge in [0, 0.05) is 18.4 Å². The van der Waals surface area contributed by atoms with E-state index in [0.29, 0.717) is 0 Å². The van der Waals surface area contributed by atoms with Crippen LogP contribution in [0.2, 0.25) is 0 Å². The summed E-state index contributed by atoms with van der Waals surface area (Å²) >= 11 is 0. The Bertz CT molecular complexity index is 255. The molecular weight excluding hydrogens is 144 g/mol. The van der Waals surface area contributed by atoms with Crippen LogP contribution in [0.15, 0.2) is 12.3 Å². The largest absolute Gasteiger partial charge is 0.481 e. The SMILES string of the molecule is CCn1nccc1CC(=O)O. The lowest BCUT2D eigenvalue weighted by atomic mass is 10.3. The van der Waals surface area contributed by atoms with Crippen LogP contribution < -0.4 is 0 Å². The molecule has 1 aromatic heterocycles. The highest BCUT2D eigenvalue weighted by atomic mass is 16.4. The van der Waals surface area contributed by atoms with Gasteiger partial charge < -0.3 is 5.11 Å². The van der Waals surface area contributed by atoms with Crippen molar-refractivity contribution in [3.8, 4) is 0 Å². The number of hydrogen-bond acceptors (Lipinski definition) is 2. The Morgan fingerprint density at radius 2 is 2.55 bits per heavy atom. The number of hydrogen-bond donors (Lipinski definition) is 1. The smallest absolute Gasteiger partial charge is 0.309 e. The predicted molar refractivity (Wildman–Crippen MR) is 39.2 cm³/mol. The highest BCUT2D eigenvalue weighted by Gasteiger charge is 2.04. The zero-order valence-electron chi connectivity index (χ0n) is 6.32. The topological polar surface area (TPSA) is 55.1 Å². The van der Waals surface area contributed by atoms with Crippen LogP contribution in [0.4, 0.5) is 0 Å². The Hall–Kier alpha value is -1.32. The molecule has 0 radical (unpaired) electrons. The van der Waals surface area contributed by atoms with Gasteiger partial charge in [-0.1, -0.05) is 0 Å². The molecular formula is C7H10N2O2. The molecule has 1 heterocycles. The maximum atomic E-state index is 10.3. The van der Waals surface area contributed by atoms with Gasteiger partial charge in [0.05, 0.1) is 6.42 Å². The summed E-state index contributed by atoms with van der Waals surface area (Å²) < 4.78 is 1.67. The average molecular weight is 154 g/mol. The van der Waals surface area contributed by atoms with Crippen molar-refractivity contribution in [2.75, 3.05) is 0 Å². The molecule has 0 saturated heterocycles. The summed E-state index contributed by atoms with van der Waals surface area (Å²) in [4.78, 5) is 10.3. The second-order valence-corrected chi connectivity index (χ2v) is 2.21. The summed E-state index contributed by atoms with van der Waals surface area (Å²) in [6.07, 6.45) is 1.66. The first-order valence-electron chi connectivity index (χ1n) is 3.46. The van der Waals surface area contributed by atoms with Gasteiger partial charge in [-0.05, 0) is 13.0 Å². The van der Waals surface area contributed by atoms with E-state index in [0.717, 1.165) is 12.2 Å². The molecule has 0 saturated carbocycles. The maximum absolute atomic E-state index is 10.3. The summed E-state index contributed by atoms with van der Waals surface area (Å²) in [6.45, 7) is 2.65. The zero-order chi connectivity index (χ0) is 8.27. The number of nitrogens with zero attached hydrogens (tertiary/aromatic N) is 2. The molecule has 4 nitrogen and oxygen atoms in total. The molecule has 0 amide bonds. The van der Waals surface area contributed by atoms with Gasteiger partial charge in [0.1, 0.15) is 0 Å². The second-order valence-electron chi connectivity index (χ2n) is 2.21. The van der Waals surface area contributed by atoms with E-state index in [1.807, 2.05) is 6.92 Å². The normalized spacial score (nSPS) is 9.91. The lowest BCUT2D eigenvalue weighted by Gasteiger charge is -1.99. The third-order valence-electron chi connectivity index (χ3n) is 1.44. The Balaban J connectivity index is 2.76. The van der Waals surface area contributed by atoms with Crippen molar-refractivity contribution in [2.24, 2.45) is 0 Å². The van der Waals surface area contributed by atoms with Crippen LogP contribution in [0.5, 0.6) is 0 Å². The molecule has 0 aliphatic heterocycles. The zero-order valence-corrected chi connectivity index (χ0v) is 6.32. The summed E-state index contributed by atoms with van der Waals surface area (Å²) in [5.74, 6) is -0.819. The van der Waals surface area contributed by atoms with Gasteiger partial charge in [0.25, 0.3) is 0 Å². The molecule has 60 valence electrons. The van der Waals surface area contributed by atoms with Crippen molar-refractivity contribution < 1.29 is 9.90 Å².